The van der Waals surface area contributed by atoms with Crippen LogP contribution in [0, 0.1) is 0 Å². The Hall–Kier alpha value is -3.36. The zero-order valence-electron chi connectivity index (χ0n) is 15.7. The summed E-state index contributed by atoms with van der Waals surface area (Å²) in [5.41, 5.74) is 1.20. The molecule has 1 aromatic carbocycles. The van der Waals surface area contributed by atoms with E-state index in [0.29, 0.717) is 17.0 Å². The second kappa shape index (κ2) is 8.34. The number of benzene rings is 1. The molecule has 0 spiro atoms. The van der Waals surface area contributed by atoms with E-state index in [1.54, 1.807) is 44.4 Å². The number of methoxy groups -OCH3 is 1. The lowest BCUT2D eigenvalue weighted by Crippen LogP contribution is -2.28. The van der Waals surface area contributed by atoms with Crippen LogP contribution in [-0.2, 0) is 0 Å². The summed E-state index contributed by atoms with van der Waals surface area (Å²) in [6.07, 6.45) is -4.46. The molecule has 0 saturated carbocycles. The highest BCUT2D eigenvalue weighted by Gasteiger charge is 2.28. The average molecular weight is 405 g/mol. The fourth-order valence-corrected chi connectivity index (χ4v) is 2.61. The van der Waals surface area contributed by atoms with Gasteiger partial charge in [-0.1, -0.05) is 12.1 Å². The molecule has 0 bridgehead atoms. The predicted octanol–water partition coefficient (Wildman–Crippen LogP) is 4.07. The number of alkyl halides is 3. The van der Waals surface area contributed by atoms with E-state index in [1.807, 2.05) is 6.07 Å². The van der Waals surface area contributed by atoms with Gasteiger partial charge >= 0.3 is 6.18 Å². The second-order valence-corrected chi connectivity index (χ2v) is 6.25. The molecular formula is C20H18F3N3O3. The molecule has 1 amide bonds. The highest BCUT2D eigenvalue weighted by Crippen LogP contribution is 2.21. The van der Waals surface area contributed by atoms with Gasteiger partial charge in [-0.3, -0.25) is 4.79 Å². The number of rotatable bonds is 6. The second-order valence-electron chi connectivity index (χ2n) is 6.25. The maximum atomic E-state index is 12.5. The molecule has 1 unspecified atom stereocenters. The van der Waals surface area contributed by atoms with Crippen molar-refractivity contribution in [1.82, 2.24) is 15.3 Å². The molecule has 6 nitrogen and oxygen atoms in total. The summed E-state index contributed by atoms with van der Waals surface area (Å²) < 4.78 is 46.7. The number of ether oxygens (including phenoxy) is 2. The summed E-state index contributed by atoms with van der Waals surface area (Å²) in [5.74, 6) is 0.0844. The molecule has 9 heteroatoms. The van der Waals surface area contributed by atoms with E-state index < -0.39 is 24.7 Å². The number of nitrogens with zero attached hydrogens (tertiary/aromatic N) is 2. The van der Waals surface area contributed by atoms with Crippen molar-refractivity contribution in [1.29, 1.82) is 0 Å². The first-order valence-electron chi connectivity index (χ1n) is 8.67. The fraction of sp³-hybridized carbons (Fsp3) is 0.250. The lowest BCUT2D eigenvalue weighted by molar-refractivity contribution is -0.154. The number of fused-ring (bicyclic) bond motifs is 1. The van der Waals surface area contributed by atoms with Crippen molar-refractivity contribution in [2.45, 2.75) is 19.1 Å². The van der Waals surface area contributed by atoms with Crippen LogP contribution in [0.2, 0.25) is 0 Å². The number of carbonyl (C=O) groups excluding carboxylic acids is 1. The third kappa shape index (κ3) is 5.34. The minimum atomic E-state index is -4.46. The maximum Gasteiger partial charge on any atom is 0.422 e. The van der Waals surface area contributed by atoms with E-state index in [-0.39, 0.29) is 11.6 Å². The molecule has 152 valence electrons. The van der Waals surface area contributed by atoms with E-state index in [9.17, 15) is 18.0 Å². The van der Waals surface area contributed by atoms with Crippen molar-refractivity contribution in [2.24, 2.45) is 0 Å². The van der Waals surface area contributed by atoms with Crippen LogP contribution in [-0.4, -0.2) is 35.8 Å². The molecule has 2 heterocycles. The monoisotopic (exact) mass is 405 g/mol. The number of hydrogen-bond acceptors (Lipinski definition) is 5. The number of carbonyl (C=O) groups is 1. The van der Waals surface area contributed by atoms with Crippen molar-refractivity contribution in [3.63, 3.8) is 0 Å². The Kier molecular flexibility index (Phi) is 5.86. The lowest BCUT2D eigenvalue weighted by Gasteiger charge is -2.15. The average Bonchev–Trinajstić information content (AvgIpc) is 2.71. The molecule has 0 aliphatic heterocycles. The lowest BCUT2D eigenvalue weighted by atomic mass is 10.1. The Balaban J connectivity index is 1.71. The fourth-order valence-electron chi connectivity index (χ4n) is 2.61. The van der Waals surface area contributed by atoms with E-state index >= 15 is 0 Å². The summed E-state index contributed by atoms with van der Waals surface area (Å²) >= 11 is 0. The van der Waals surface area contributed by atoms with Crippen LogP contribution in [0.15, 0.2) is 48.5 Å². The summed E-state index contributed by atoms with van der Waals surface area (Å²) in [6.45, 7) is 0.232. The molecule has 0 aliphatic rings. The van der Waals surface area contributed by atoms with Crippen LogP contribution in [0.25, 0.3) is 10.9 Å². The zero-order chi connectivity index (χ0) is 21.0. The van der Waals surface area contributed by atoms with Crippen LogP contribution < -0.4 is 14.8 Å². The van der Waals surface area contributed by atoms with Crippen LogP contribution in [0.1, 0.15) is 29.1 Å². The van der Waals surface area contributed by atoms with Crippen LogP contribution in [0.4, 0.5) is 13.2 Å². The minimum Gasteiger partial charge on any atom is -0.497 e. The van der Waals surface area contributed by atoms with Gasteiger partial charge in [-0.15, -0.1) is 0 Å². The molecule has 3 aromatic rings. The van der Waals surface area contributed by atoms with Crippen molar-refractivity contribution in [2.75, 3.05) is 13.7 Å². The third-order valence-corrected chi connectivity index (χ3v) is 4.05. The van der Waals surface area contributed by atoms with E-state index in [2.05, 4.69) is 20.0 Å². The molecule has 2 aromatic heterocycles. The van der Waals surface area contributed by atoms with Gasteiger partial charge in [-0.25, -0.2) is 9.97 Å². The highest BCUT2D eigenvalue weighted by atomic mass is 19.4. The van der Waals surface area contributed by atoms with Gasteiger partial charge in [0.15, 0.2) is 6.61 Å². The minimum absolute atomic E-state index is 0.168. The highest BCUT2D eigenvalue weighted by molar-refractivity contribution is 5.95. The topological polar surface area (TPSA) is 73.3 Å². The standard InChI is InChI=1S/C20H18F3N3O3/c1-12(15-4-3-5-18(26-15)29-11-20(21,22)23)24-19(27)17-8-6-13-10-14(28-2)7-9-16(13)25-17/h3-10,12H,11H2,1-2H3,(H,24,27). The Morgan fingerprint density at radius 3 is 2.66 bits per heavy atom. The quantitative estimate of drug-likeness (QED) is 0.669. The summed E-state index contributed by atoms with van der Waals surface area (Å²) in [6, 6.07) is 12.5. The molecule has 0 saturated heterocycles. The SMILES string of the molecule is COc1ccc2nc(C(=O)NC(C)c3cccc(OCC(F)(F)F)n3)ccc2c1. The van der Waals surface area contributed by atoms with Gasteiger partial charge < -0.3 is 14.8 Å². The van der Waals surface area contributed by atoms with Crippen LogP contribution >= 0.6 is 0 Å². The first-order chi connectivity index (χ1) is 13.7. The Morgan fingerprint density at radius 2 is 1.93 bits per heavy atom. The number of pyridine rings is 2. The van der Waals surface area contributed by atoms with Gasteiger partial charge in [0.2, 0.25) is 5.88 Å². The van der Waals surface area contributed by atoms with Crippen molar-refractivity contribution >= 4 is 16.8 Å². The number of hydrogen-bond donors (Lipinski definition) is 1. The maximum absolute atomic E-state index is 12.5. The molecule has 0 fully saturated rings. The van der Waals surface area contributed by atoms with Gasteiger partial charge in [0.05, 0.1) is 24.4 Å². The number of nitrogens with one attached hydrogen (secondary N) is 1. The van der Waals surface area contributed by atoms with Gasteiger partial charge in [-0.05, 0) is 37.3 Å². The van der Waals surface area contributed by atoms with Gasteiger partial charge in [0.25, 0.3) is 5.91 Å². The Bertz CT molecular complexity index is 1020. The number of halogens is 3. The Labute approximate surface area is 164 Å². The summed E-state index contributed by atoms with van der Waals surface area (Å²) in [4.78, 5) is 20.9. The first kappa shape index (κ1) is 20.4. The molecular weight excluding hydrogens is 387 g/mol. The summed E-state index contributed by atoms with van der Waals surface area (Å²) in [5, 5.41) is 3.56. The van der Waals surface area contributed by atoms with Gasteiger partial charge in [0, 0.05) is 11.5 Å². The molecule has 1 N–H and O–H groups in total. The molecule has 3 rings (SSSR count). The number of amides is 1. The summed E-state index contributed by atoms with van der Waals surface area (Å²) in [7, 11) is 1.56. The van der Waals surface area contributed by atoms with E-state index in [0.717, 1.165) is 5.39 Å². The molecule has 1 atom stereocenters. The third-order valence-electron chi connectivity index (χ3n) is 4.05. The van der Waals surface area contributed by atoms with Crippen molar-refractivity contribution in [3.05, 3.63) is 59.9 Å². The van der Waals surface area contributed by atoms with Crippen LogP contribution in [0.3, 0.4) is 0 Å². The van der Waals surface area contributed by atoms with E-state index in [1.165, 1.54) is 12.1 Å². The molecule has 0 radical (unpaired) electrons. The Morgan fingerprint density at radius 1 is 1.14 bits per heavy atom. The molecule has 0 aliphatic carbocycles. The van der Waals surface area contributed by atoms with Crippen molar-refractivity contribution < 1.29 is 27.4 Å². The van der Waals surface area contributed by atoms with Gasteiger partial charge in [0.1, 0.15) is 11.4 Å². The molecule has 29 heavy (non-hydrogen) atoms. The first-order valence-corrected chi connectivity index (χ1v) is 8.67. The van der Waals surface area contributed by atoms with Crippen molar-refractivity contribution in [3.8, 4) is 11.6 Å². The largest absolute Gasteiger partial charge is 0.497 e. The van der Waals surface area contributed by atoms with E-state index in [4.69, 9.17) is 4.74 Å². The zero-order valence-corrected chi connectivity index (χ0v) is 15.7. The predicted molar refractivity (Wildman–Crippen MR) is 100.0 cm³/mol. The van der Waals surface area contributed by atoms with Crippen LogP contribution in [0.5, 0.6) is 11.6 Å². The van der Waals surface area contributed by atoms with Gasteiger partial charge in [-0.2, -0.15) is 13.2 Å². The smallest absolute Gasteiger partial charge is 0.422 e. The number of aromatic nitrogens is 2. The normalized spacial score (nSPS) is 12.4.